The maximum Gasteiger partial charge on any atom is 0.290 e. The molecule has 1 aliphatic rings. The molecule has 2 amide bonds. The number of piperazine rings is 1. The van der Waals surface area contributed by atoms with Crippen LogP contribution < -0.4 is 0 Å². The summed E-state index contributed by atoms with van der Waals surface area (Å²) in [5, 5.41) is 0.938. The molecule has 23 heavy (non-hydrogen) atoms. The number of carbonyl (C=O) groups excluding carboxylic acids is 2. The van der Waals surface area contributed by atoms with Gasteiger partial charge in [0, 0.05) is 31.9 Å². The van der Waals surface area contributed by atoms with Crippen LogP contribution in [0.3, 0.4) is 0 Å². The number of amides is 2. The van der Waals surface area contributed by atoms with Gasteiger partial charge in [0.1, 0.15) is 5.58 Å². The average molecular weight is 314 g/mol. The molecule has 0 aliphatic carbocycles. The van der Waals surface area contributed by atoms with Crippen LogP contribution in [0.1, 0.15) is 36.9 Å². The number of hydrogen-bond acceptors (Lipinski definition) is 3. The molecule has 1 aliphatic heterocycles. The second kappa shape index (κ2) is 5.41. The van der Waals surface area contributed by atoms with E-state index in [1.165, 1.54) is 0 Å². The third-order valence-corrected chi connectivity index (χ3v) is 4.54. The number of nitrogens with zero attached hydrogens (tertiary/aromatic N) is 2. The number of rotatable bonds is 1. The van der Waals surface area contributed by atoms with Gasteiger partial charge >= 0.3 is 0 Å². The minimum Gasteiger partial charge on any atom is -0.451 e. The fraction of sp³-hybridized carbons (Fsp3) is 0.444. The molecule has 0 unspecified atom stereocenters. The van der Waals surface area contributed by atoms with Gasteiger partial charge in [-0.05, 0) is 32.4 Å². The standard InChI is InChI=1S/C18H22N2O3/c1-12-6-5-7-14-10-15(23-16(12)14)17(22)20-9-8-19(13(2)21)11-18(20,3)4/h5-7,10H,8-9,11H2,1-4H3. The van der Waals surface area contributed by atoms with Crippen molar-refractivity contribution in [2.24, 2.45) is 0 Å². The normalized spacial score (nSPS) is 17.6. The molecule has 3 rings (SSSR count). The van der Waals surface area contributed by atoms with Crippen molar-refractivity contribution in [2.45, 2.75) is 33.2 Å². The summed E-state index contributed by atoms with van der Waals surface area (Å²) in [6.45, 7) is 9.10. The molecule has 0 saturated carbocycles. The van der Waals surface area contributed by atoms with Gasteiger partial charge in [0.05, 0.1) is 5.54 Å². The van der Waals surface area contributed by atoms with Crippen LogP contribution in [0.2, 0.25) is 0 Å². The smallest absolute Gasteiger partial charge is 0.290 e. The molecule has 2 aromatic rings. The Morgan fingerprint density at radius 2 is 1.96 bits per heavy atom. The van der Waals surface area contributed by atoms with Crippen molar-refractivity contribution < 1.29 is 14.0 Å². The van der Waals surface area contributed by atoms with Gasteiger partial charge in [-0.15, -0.1) is 0 Å². The van der Waals surface area contributed by atoms with Crippen molar-refractivity contribution in [1.82, 2.24) is 9.80 Å². The highest BCUT2D eigenvalue weighted by molar-refractivity contribution is 5.97. The summed E-state index contributed by atoms with van der Waals surface area (Å²) in [5.41, 5.74) is 1.35. The van der Waals surface area contributed by atoms with Crippen LogP contribution in [0.5, 0.6) is 0 Å². The van der Waals surface area contributed by atoms with Gasteiger partial charge in [0.15, 0.2) is 5.76 Å². The first-order valence-corrected chi connectivity index (χ1v) is 7.86. The summed E-state index contributed by atoms with van der Waals surface area (Å²) in [5.74, 6) is 0.289. The SMILES string of the molecule is CC(=O)N1CCN(C(=O)c2cc3cccc(C)c3o2)C(C)(C)C1. The van der Waals surface area contributed by atoms with Crippen LogP contribution in [0, 0.1) is 6.92 Å². The molecule has 5 nitrogen and oxygen atoms in total. The van der Waals surface area contributed by atoms with E-state index < -0.39 is 5.54 Å². The van der Waals surface area contributed by atoms with E-state index in [0.717, 1.165) is 16.5 Å². The molecule has 1 saturated heterocycles. The molecule has 2 heterocycles. The summed E-state index contributed by atoms with van der Waals surface area (Å²) in [6.07, 6.45) is 0. The average Bonchev–Trinajstić information content (AvgIpc) is 2.91. The Kier molecular flexibility index (Phi) is 3.66. The number of carbonyl (C=O) groups is 2. The zero-order chi connectivity index (χ0) is 16.8. The lowest BCUT2D eigenvalue weighted by Gasteiger charge is -2.46. The van der Waals surface area contributed by atoms with Gasteiger partial charge in [0.2, 0.25) is 5.91 Å². The highest BCUT2D eigenvalue weighted by atomic mass is 16.3. The summed E-state index contributed by atoms with van der Waals surface area (Å²) in [4.78, 5) is 28.1. The third kappa shape index (κ3) is 2.71. The summed E-state index contributed by atoms with van der Waals surface area (Å²) < 4.78 is 5.81. The number of benzene rings is 1. The zero-order valence-electron chi connectivity index (χ0n) is 14.0. The fourth-order valence-corrected chi connectivity index (χ4v) is 3.25. The second-order valence-electron chi connectivity index (χ2n) is 6.81. The van der Waals surface area contributed by atoms with Gasteiger partial charge in [-0.25, -0.2) is 0 Å². The number of furan rings is 1. The van der Waals surface area contributed by atoms with E-state index in [0.29, 0.717) is 25.4 Å². The van der Waals surface area contributed by atoms with Crippen molar-refractivity contribution in [3.05, 3.63) is 35.6 Å². The van der Waals surface area contributed by atoms with Crippen LogP contribution >= 0.6 is 0 Å². The molecule has 1 fully saturated rings. The van der Waals surface area contributed by atoms with Gasteiger partial charge in [-0.3, -0.25) is 9.59 Å². The minimum atomic E-state index is -0.422. The monoisotopic (exact) mass is 314 g/mol. The van der Waals surface area contributed by atoms with E-state index in [2.05, 4.69) is 0 Å². The maximum atomic E-state index is 12.9. The van der Waals surface area contributed by atoms with Gasteiger partial charge < -0.3 is 14.2 Å². The molecule has 0 N–H and O–H groups in total. The number of para-hydroxylation sites is 1. The van der Waals surface area contributed by atoms with Crippen LogP contribution in [0.4, 0.5) is 0 Å². The zero-order valence-corrected chi connectivity index (χ0v) is 14.0. The van der Waals surface area contributed by atoms with Crippen LogP contribution in [0.15, 0.2) is 28.7 Å². The van der Waals surface area contributed by atoms with E-state index in [9.17, 15) is 9.59 Å². The van der Waals surface area contributed by atoms with Crippen molar-refractivity contribution in [1.29, 1.82) is 0 Å². The Balaban J connectivity index is 1.90. The molecule has 5 heteroatoms. The highest BCUT2D eigenvalue weighted by Crippen LogP contribution is 2.27. The van der Waals surface area contributed by atoms with E-state index >= 15 is 0 Å². The molecule has 0 radical (unpaired) electrons. The first kappa shape index (κ1) is 15.6. The molecule has 0 atom stereocenters. The molecule has 0 spiro atoms. The number of aryl methyl sites for hydroxylation is 1. The van der Waals surface area contributed by atoms with Crippen molar-refractivity contribution >= 4 is 22.8 Å². The molecule has 0 bridgehead atoms. The Morgan fingerprint density at radius 1 is 1.22 bits per heavy atom. The fourth-order valence-electron chi connectivity index (χ4n) is 3.25. The molecule has 122 valence electrons. The number of hydrogen-bond donors (Lipinski definition) is 0. The van der Waals surface area contributed by atoms with Crippen molar-refractivity contribution in [3.63, 3.8) is 0 Å². The van der Waals surface area contributed by atoms with Crippen LogP contribution in [-0.4, -0.2) is 46.8 Å². The Labute approximate surface area is 135 Å². The Morgan fingerprint density at radius 3 is 2.57 bits per heavy atom. The van der Waals surface area contributed by atoms with Crippen molar-refractivity contribution in [3.8, 4) is 0 Å². The Bertz CT molecular complexity index is 776. The van der Waals surface area contributed by atoms with Gasteiger partial charge in [-0.1, -0.05) is 18.2 Å². The van der Waals surface area contributed by atoms with Crippen LogP contribution in [-0.2, 0) is 4.79 Å². The molecule has 1 aromatic carbocycles. The Hall–Kier alpha value is -2.30. The molecule has 1 aromatic heterocycles. The predicted octanol–water partition coefficient (Wildman–Crippen LogP) is 2.82. The lowest BCUT2D eigenvalue weighted by atomic mass is 9.98. The highest BCUT2D eigenvalue weighted by Gasteiger charge is 2.38. The first-order chi connectivity index (χ1) is 10.8. The van der Waals surface area contributed by atoms with Crippen LogP contribution in [0.25, 0.3) is 11.0 Å². The van der Waals surface area contributed by atoms with Gasteiger partial charge in [0.25, 0.3) is 5.91 Å². The minimum absolute atomic E-state index is 0.0459. The summed E-state index contributed by atoms with van der Waals surface area (Å²) in [7, 11) is 0. The summed E-state index contributed by atoms with van der Waals surface area (Å²) >= 11 is 0. The lowest BCUT2D eigenvalue weighted by molar-refractivity contribution is -0.133. The molecular formula is C18H22N2O3. The largest absolute Gasteiger partial charge is 0.451 e. The third-order valence-electron chi connectivity index (χ3n) is 4.54. The second-order valence-corrected chi connectivity index (χ2v) is 6.81. The topological polar surface area (TPSA) is 53.8 Å². The first-order valence-electron chi connectivity index (χ1n) is 7.86. The van der Waals surface area contributed by atoms with Gasteiger partial charge in [-0.2, -0.15) is 0 Å². The maximum absolute atomic E-state index is 12.9. The predicted molar refractivity (Wildman–Crippen MR) is 88.3 cm³/mol. The van der Waals surface area contributed by atoms with E-state index in [1.54, 1.807) is 22.8 Å². The lowest BCUT2D eigenvalue weighted by Crippen LogP contribution is -2.61. The quantitative estimate of drug-likeness (QED) is 0.813. The summed E-state index contributed by atoms with van der Waals surface area (Å²) in [6, 6.07) is 7.67. The number of fused-ring (bicyclic) bond motifs is 1. The molecular weight excluding hydrogens is 292 g/mol. The van der Waals surface area contributed by atoms with E-state index in [-0.39, 0.29) is 11.8 Å². The van der Waals surface area contributed by atoms with Crippen molar-refractivity contribution in [2.75, 3.05) is 19.6 Å². The van der Waals surface area contributed by atoms with E-state index in [1.807, 2.05) is 39.0 Å². The van der Waals surface area contributed by atoms with E-state index in [4.69, 9.17) is 4.42 Å².